The normalized spacial score (nSPS) is 18.0. The standard InChI is InChI=1S/C28H28O4/c29-27(23-7-3-1-4-8-23)32-26-19-15-22(16-20-26)12-11-21-13-17-24(18-14-21)28(30)31-25-9-5-2-6-10-25/h1-10,13-14,17-18,22,26H,11-12,15-16,19-20H2. The quantitative estimate of drug-likeness (QED) is 0.329. The SMILES string of the molecule is O=C(Oc1ccccc1)c1ccc(CCC2CCC(OC(=O)c3ccccc3)CC2)cc1. The molecule has 1 fully saturated rings. The zero-order valence-corrected chi connectivity index (χ0v) is 18.1. The molecule has 0 spiro atoms. The van der Waals surface area contributed by atoms with E-state index >= 15 is 0 Å². The van der Waals surface area contributed by atoms with Crippen LogP contribution in [0.15, 0.2) is 84.9 Å². The Morgan fingerprint density at radius 3 is 1.94 bits per heavy atom. The van der Waals surface area contributed by atoms with Crippen LogP contribution in [-0.4, -0.2) is 18.0 Å². The van der Waals surface area contributed by atoms with Gasteiger partial charge in [-0.15, -0.1) is 0 Å². The van der Waals surface area contributed by atoms with Gasteiger partial charge in [0.15, 0.2) is 0 Å². The van der Waals surface area contributed by atoms with Crippen LogP contribution < -0.4 is 4.74 Å². The first-order valence-corrected chi connectivity index (χ1v) is 11.3. The molecule has 0 amide bonds. The van der Waals surface area contributed by atoms with Crippen molar-refractivity contribution in [1.82, 2.24) is 0 Å². The van der Waals surface area contributed by atoms with E-state index in [1.165, 1.54) is 5.56 Å². The molecule has 4 nitrogen and oxygen atoms in total. The molecule has 0 atom stereocenters. The van der Waals surface area contributed by atoms with Crippen molar-refractivity contribution < 1.29 is 19.1 Å². The van der Waals surface area contributed by atoms with E-state index in [0.717, 1.165) is 38.5 Å². The molecule has 0 aliphatic heterocycles. The maximum absolute atomic E-state index is 12.3. The average Bonchev–Trinajstić information content (AvgIpc) is 2.85. The summed E-state index contributed by atoms with van der Waals surface area (Å²) >= 11 is 0. The van der Waals surface area contributed by atoms with E-state index in [9.17, 15) is 9.59 Å². The number of hydrogen-bond donors (Lipinski definition) is 0. The molecule has 0 heterocycles. The average molecular weight is 429 g/mol. The lowest BCUT2D eigenvalue weighted by molar-refractivity contribution is 0.0162. The molecule has 32 heavy (non-hydrogen) atoms. The van der Waals surface area contributed by atoms with Crippen molar-refractivity contribution in [2.24, 2.45) is 5.92 Å². The lowest BCUT2D eigenvalue weighted by Crippen LogP contribution is -2.24. The summed E-state index contributed by atoms with van der Waals surface area (Å²) in [5.41, 5.74) is 2.39. The summed E-state index contributed by atoms with van der Waals surface area (Å²) in [5, 5.41) is 0. The summed E-state index contributed by atoms with van der Waals surface area (Å²) < 4.78 is 11.1. The number of para-hydroxylation sites is 1. The van der Waals surface area contributed by atoms with E-state index in [-0.39, 0.29) is 18.0 Å². The van der Waals surface area contributed by atoms with Crippen LogP contribution in [0, 0.1) is 5.92 Å². The van der Waals surface area contributed by atoms with Gasteiger partial charge in [0.05, 0.1) is 11.1 Å². The molecular formula is C28H28O4. The molecule has 0 N–H and O–H groups in total. The predicted molar refractivity (Wildman–Crippen MR) is 124 cm³/mol. The first kappa shape index (κ1) is 21.8. The molecule has 4 rings (SSSR count). The molecule has 0 radical (unpaired) electrons. The fourth-order valence-electron chi connectivity index (χ4n) is 4.16. The Labute approximate surface area is 189 Å². The molecule has 3 aromatic rings. The second-order valence-corrected chi connectivity index (χ2v) is 8.35. The van der Waals surface area contributed by atoms with Crippen molar-refractivity contribution in [1.29, 1.82) is 0 Å². The third-order valence-electron chi connectivity index (χ3n) is 6.06. The zero-order valence-electron chi connectivity index (χ0n) is 18.1. The molecule has 1 saturated carbocycles. The van der Waals surface area contributed by atoms with Gasteiger partial charge in [-0.2, -0.15) is 0 Å². The smallest absolute Gasteiger partial charge is 0.343 e. The highest BCUT2D eigenvalue weighted by Gasteiger charge is 2.24. The minimum Gasteiger partial charge on any atom is -0.459 e. The van der Waals surface area contributed by atoms with Crippen LogP contribution in [0.25, 0.3) is 0 Å². The van der Waals surface area contributed by atoms with E-state index in [2.05, 4.69) is 0 Å². The maximum atomic E-state index is 12.3. The summed E-state index contributed by atoms with van der Waals surface area (Å²) in [4.78, 5) is 24.5. The van der Waals surface area contributed by atoms with Crippen LogP contribution >= 0.6 is 0 Å². The highest BCUT2D eigenvalue weighted by Crippen LogP contribution is 2.30. The highest BCUT2D eigenvalue weighted by molar-refractivity contribution is 5.91. The largest absolute Gasteiger partial charge is 0.459 e. The minimum atomic E-state index is -0.342. The third-order valence-corrected chi connectivity index (χ3v) is 6.06. The Morgan fingerprint density at radius 1 is 0.688 bits per heavy atom. The summed E-state index contributed by atoms with van der Waals surface area (Å²) in [7, 11) is 0. The second-order valence-electron chi connectivity index (χ2n) is 8.35. The van der Waals surface area contributed by atoms with Gasteiger partial charge in [0, 0.05) is 0 Å². The molecule has 4 heteroatoms. The molecule has 0 aromatic heterocycles. The molecule has 0 unspecified atom stereocenters. The van der Waals surface area contributed by atoms with Crippen LogP contribution in [0.5, 0.6) is 5.75 Å². The number of carbonyl (C=O) groups excluding carboxylic acids is 2. The molecule has 164 valence electrons. The van der Waals surface area contributed by atoms with Gasteiger partial charge in [-0.25, -0.2) is 9.59 Å². The number of carbonyl (C=O) groups is 2. The summed E-state index contributed by atoms with van der Waals surface area (Å²) in [6.07, 6.45) is 6.11. The molecule has 1 aliphatic rings. The van der Waals surface area contributed by atoms with E-state index in [1.807, 2.05) is 60.7 Å². The number of ether oxygens (including phenoxy) is 2. The van der Waals surface area contributed by atoms with Crippen LogP contribution in [0.4, 0.5) is 0 Å². The Kier molecular flexibility index (Phi) is 7.34. The fraction of sp³-hybridized carbons (Fsp3) is 0.286. The van der Waals surface area contributed by atoms with Crippen LogP contribution in [-0.2, 0) is 11.2 Å². The Balaban J connectivity index is 1.19. The van der Waals surface area contributed by atoms with Crippen molar-refractivity contribution >= 4 is 11.9 Å². The second kappa shape index (κ2) is 10.8. The van der Waals surface area contributed by atoms with Gasteiger partial charge in [-0.05, 0) is 86.4 Å². The van der Waals surface area contributed by atoms with E-state index in [4.69, 9.17) is 9.47 Å². The van der Waals surface area contributed by atoms with Gasteiger partial charge in [-0.3, -0.25) is 0 Å². The Morgan fingerprint density at radius 2 is 1.28 bits per heavy atom. The fourth-order valence-corrected chi connectivity index (χ4v) is 4.16. The molecule has 0 saturated heterocycles. The van der Waals surface area contributed by atoms with E-state index in [1.54, 1.807) is 24.3 Å². The third kappa shape index (κ3) is 6.07. The van der Waals surface area contributed by atoms with Crippen molar-refractivity contribution in [3.63, 3.8) is 0 Å². The monoisotopic (exact) mass is 428 g/mol. The maximum Gasteiger partial charge on any atom is 0.343 e. The lowest BCUT2D eigenvalue weighted by atomic mass is 9.83. The van der Waals surface area contributed by atoms with Gasteiger partial charge < -0.3 is 9.47 Å². The first-order chi connectivity index (χ1) is 15.7. The van der Waals surface area contributed by atoms with Crippen LogP contribution in [0.1, 0.15) is 58.4 Å². The molecule has 1 aliphatic carbocycles. The van der Waals surface area contributed by atoms with Gasteiger partial charge in [0.2, 0.25) is 0 Å². The van der Waals surface area contributed by atoms with Crippen molar-refractivity contribution in [3.8, 4) is 5.75 Å². The number of benzene rings is 3. The molecule has 0 bridgehead atoms. The van der Waals surface area contributed by atoms with Crippen LogP contribution in [0.3, 0.4) is 0 Å². The van der Waals surface area contributed by atoms with Gasteiger partial charge in [0.25, 0.3) is 0 Å². The zero-order chi connectivity index (χ0) is 22.2. The first-order valence-electron chi connectivity index (χ1n) is 11.3. The van der Waals surface area contributed by atoms with Crippen molar-refractivity contribution in [3.05, 3.63) is 102 Å². The molecule has 3 aromatic carbocycles. The van der Waals surface area contributed by atoms with Crippen molar-refractivity contribution in [2.75, 3.05) is 0 Å². The highest BCUT2D eigenvalue weighted by atomic mass is 16.5. The van der Waals surface area contributed by atoms with Crippen LogP contribution in [0.2, 0.25) is 0 Å². The van der Waals surface area contributed by atoms with Gasteiger partial charge >= 0.3 is 11.9 Å². The van der Waals surface area contributed by atoms with E-state index < -0.39 is 0 Å². The Hall–Kier alpha value is -3.40. The predicted octanol–water partition coefficient (Wildman–Crippen LogP) is 6.25. The number of hydrogen-bond acceptors (Lipinski definition) is 4. The van der Waals surface area contributed by atoms with Gasteiger partial charge in [-0.1, -0.05) is 48.5 Å². The summed E-state index contributed by atoms with van der Waals surface area (Å²) in [6, 6.07) is 26.0. The number of aryl methyl sites for hydroxylation is 1. The number of esters is 2. The lowest BCUT2D eigenvalue weighted by Gasteiger charge is -2.28. The molecular weight excluding hydrogens is 400 g/mol. The minimum absolute atomic E-state index is 0.0221. The van der Waals surface area contributed by atoms with Crippen molar-refractivity contribution in [2.45, 2.75) is 44.6 Å². The number of rotatable bonds is 7. The summed E-state index contributed by atoms with van der Waals surface area (Å²) in [6.45, 7) is 0. The topological polar surface area (TPSA) is 52.6 Å². The summed E-state index contributed by atoms with van der Waals surface area (Å²) in [5.74, 6) is 0.627. The van der Waals surface area contributed by atoms with Gasteiger partial charge in [0.1, 0.15) is 11.9 Å². The van der Waals surface area contributed by atoms with E-state index in [0.29, 0.717) is 22.8 Å². The Bertz CT molecular complexity index is 1000.